The van der Waals surface area contributed by atoms with Gasteiger partial charge in [-0.3, -0.25) is 9.59 Å². The van der Waals surface area contributed by atoms with Gasteiger partial charge >= 0.3 is 0 Å². The molecule has 7 nitrogen and oxygen atoms in total. The quantitative estimate of drug-likeness (QED) is 0.920. The number of aryl methyl sites for hydroxylation is 1. The average molecular weight is 326 g/mol. The van der Waals surface area contributed by atoms with Crippen molar-refractivity contribution in [2.45, 2.75) is 38.3 Å². The van der Waals surface area contributed by atoms with Gasteiger partial charge in [0.15, 0.2) is 0 Å². The van der Waals surface area contributed by atoms with Crippen molar-refractivity contribution in [2.75, 3.05) is 6.54 Å². The number of carbonyl (C=O) groups is 2. The molecule has 7 heteroatoms. The second kappa shape index (κ2) is 5.74. The van der Waals surface area contributed by atoms with Crippen molar-refractivity contribution in [3.63, 3.8) is 0 Å². The molecule has 2 fully saturated rings. The third kappa shape index (κ3) is 2.89. The molecule has 2 aliphatic rings. The molecule has 4 rings (SSSR count). The standard InChI is InChI=1S/C17H18N4O3/c1-10-19-20-17(24-10)12-4-2-3-11(7-12)16(23)18-13-8-15(22)21(9-13)14-5-6-14/h2-4,7,13-14H,5-6,8-9H2,1H3,(H,18,23). The van der Waals surface area contributed by atoms with Crippen molar-refractivity contribution >= 4 is 11.8 Å². The van der Waals surface area contributed by atoms with Gasteiger partial charge in [-0.15, -0.1) is 10.2 Å². The Kier molecular flexibility index (Phi) is 3.55. The molecule has 0 spiro atoms. The Morgan fingerprint density at radius 3 is 2.88 bits per heavy atom. The number of rotatable bonds is 4. The predicted octanol–water partition coefficient (Wildman–Crippen LogP) is 1.54. The SMILES string of the molecule is Cc1nnc(-c2cccc(C(=O)NC3CC(=O)N(C4CC4)C3)c2)o1. The third-order valence-electron chi connectivity index (χ3n) is 4.38. The number of likely N-dealkylation sites (tertiary alicyclic amines) is 1. The topological polar surface area (TPSA) is 88.3 Å². The van der Waals surface area contributed by atoms with Gasteiger partial charge < -0.3 is 14.6 Å². The molecule has 0 radical (unpaired) electrons. The van der Waals surface area contributed by atoms with Gasteiger partial charge in [-0.1, -0.05) is 6.07 Å². The van der Waals surface area contributed by atoms with Gasteiger partial charge in [0, 0.05) is 37.1 Å². The van der Waals surface area contributed by atoms with Crippen LogP contribution in [0.4, 0.5) is 0 Å². The van der Waals surface area contributed by atoms with E-state index in [1.54, 1.807) is 25.1 Å². The molecule has 0 bridgehead atoms. The summed E-state index contributed by atoms with van der Waals surface area (Å²) in [5.74, 6) is 0.809. The van der Waals surface area contributed by atoms with Gasteiger partial charge in [-0.25, -0.2) is 0 Å². The number of aromatic nitrogens is 2. The molecule has 124 valence electrons. The number of hydrogen-bond acceptors (Lipinski definition) is 5. The van der Waals surface area contributed by atoms with E-state index in [9.17, 15) is 9.59 Å². The zero-order chi connectivity index (χ0) is 16.7. The van der Waals surface area contributed by atoms with Crippen LogP contribution in [0, 0.1) is 6.92 Å². The van der Waals surface area contributed by atoms with E-state index in [0.29, 0.717) is 41.9 Å². The van der Waals surface area contributed by atoms with Crippen LogP contribution in [0.15, 0.2) is 28.7 Å². The summed E-state index contributed by atoms with van der Waals surface area (Å²) in [6.45, 7) is 2.33. The Morgan fingerprint density at radius 2 is 2.17 bits per heavy atom. The number of nitrogens with zero attached hydrogens (tertiary/aromatic N) is 3. The molecule has 2 aromatic rings. The fourth-order valence-corrected chi connectivity index (χ4v) is 3.04. The minimum absolute atomic E-state index is 0.125. The highest BCUT2D eigenvalue weighted by Crippen LogP contribution is 2.30. The number of amides is 2. The van der Waals surface area contributed by atoms with Gasteiger partial charge in [0.25, 0.3) is 5.91 Å². The van der Waals surface area contributed by atoms with Crippen LogP contribution >= 0.6 is 0 Å². The number of carbonyl (C=O) groups excluding carboxylic acids is 2. The molecule has 24 heavy (non-hydrogen) atoms. The molecule has 1 aromatic heterocycles. The first-order valence-corrected chi connectivity index (χ1v) is 8.11. The van der Waals surface area contributed by atoms with E-state index >= 15 is 0 Å². The fraction of sp³-hybridized carbons (Fsp3) is 0.412. The van der Waals surface area contributed by atoms with Crippen molar-refractivity contribution in [1.82, 2.24) is 20.4 Å². The van der Waals surface area contributed by atoms with Crippen molar-refractivity contribution in [1.29, 1.82) is 0 Å². The third-order valence-corrected chi connectivity index (χ3v) is 4.38. The van der Waals surface area contributed by atoms with Crippen molar-refractivity contribution < 1.29 is 14.0 Å². The van der Waals surface area contributed by atoms with Crippen LogP contribution in [0.3, 0.4) is 0 Å². The van der Waals surface area contributed by atoms with E-state index in [1.807, 2.05) is 11.0 Å². The van der Waals surface area contributed by atoms with Gasteiger partial charge in [0.1, 0.15) is 0 Å². The second-order valence-electron chi connectivity index (χ2n) is 6.36. The zero-order valence-corrected chi connectivity index (χ0v) is 13.4. The smallest absolute Gasteiger partial charge is 0.251 e. The minimum atomic E-state index is -0.191. The highest BCUT2D eigenvalue weighted by Gasteiger charge is 2.39. The molecule has 2 heterocycles. The zero-order valence-electron chi connectivity index (χ0n) is 13.4. The van der Waals surface area contributed by atoms with Gasteiger partial charge in [0.2, 0.25) is 17.7 Å². The molecule has 1 saturated heterocycles. The maximum atomic E-state index is 12.5. The van der Waals surface area contributed by atoms with Crippen LogP contribution in [0.5, 0.6) is 0 Å². The summed E-state index contributed by atoms with van der Waals surface area (Å²) in [4.78, 5) is 26.3. The lowest BCUT2D eigenvalue weighted by Crippen LogP contribution is -2.37. The van der Waals surface area contributed by atoms with Gasteiger partial charge in [-0.2, -0.15) is 0 Å². The number of nitrogens with one attached hydrogen (secondary N) is 1. The Hall–Kier alpha value is -2.70. The van der Waals surface area contributed by atoms with Crippen LogP contribution < -0.4 is 5.32 Å². The number of benzene rings is 1. The Balaban J connectivity index is 1.46. The highest BCUT2D eigenvalue weighted by molar-refractivity contribution is 5.96. The van der Waals surface area contributed by atoms with Gasteiger partial charge in [-0.05, 0) is 31.0 Å². The Bertz CT molecular complexity index is 797. The molecule has 1 saturated carbocycles. The monoisotopic (exact) mass is 326 g/mol. The summed E-state index contributed by atoms with van der Waals surface area (Å²) in [6.07, 6.45) is 2.54. The number of hydrogen-bond donors (Lipinski definition) is 1. The first-order valence-electron chi connectivity index (χ1n) is 8.11. The van der Waals surface area contributed by atoms with Crippen LogP contribution in [-0.4, -0.2) is 45.5 Å². The summed E-state index contributed by atoms with van der Waals surface area (Å²) in [5.41, 5.74) is 1.21. The summed E-state index contributed by atoms with van der Waals surface area (Å²) >= 11 is 0. The average Bonchev–Trinajstić information content (AvgIpc) is 3.22. The van der Waals surface area contributed by atoms with E-state index in [1.165, 1.54) is 0 Å². The molecule has 1 unspecified atom stereocenters. The van der Waals surface area contributed by atoms with Crippen LogP contribution in [0.25, 0.3) is 11.5 Å². The molecule has 1 aliphatic heterocycles. The van der Waals surface area contributed by atoms with E-state index in [-0.39, 0.29) is 17.9 Å². The Morgan fingerprint density at radius 1 is 1.33 bits per heavy atom. The van der Waals surface area contributed by atoms with Crippen molar-refractivity contribution in [3.05, 3.63) is 35.7 Å². The Labute approximate surface area is 139 Å². The largest absolute Gasteiger partial charge is 0.421 e. The summed E-state index contributed by atoms with van der Waals surface area (Å²) in [6, 6.07) is 7.32. The first kappa shape index (κ1) is 14.9. The van der Waals surface area contributed by atoms with Crippen LogP contribution in [0.1, 0.15) is 35.5 Å². The highest BCUT2D eigenvalue weighted by atomic mass is 16.4. The summed E-state index contributed by atoms with van der Waals surface area (Å²) < 4.78 is 5.39. The van der Waals surface area contributed by atoms with E-state index in [2.05, 4.69) is 15.5 Å². The molecule has 1 aromatic carbocycles. The van der Waals surface area contributed by atoms with Crippen LogP contribution in [0.2, 0.25) is 0 Å². The van der Waals surface area contributed by atoms with E-state index in [4.69, 9.17) is 4.42 Å². The first-order chi connectivity index (χ1) is 11.6. The lowest BCUT2D eigenvalue weighted by Gasteiger charge is -2.16. The normalized spacial score (nSPS) is 20.5. The van der Waals surface area contributed by atoms with Crippen molar-refractivity contribution in [3.8, 4) is 11.5 Å². The van der Waals surface area contributed by atoms with E-state index < -0.39 is 0 Å². The maximum absolute atomic E-state index is 12.5. The molecule has 1 N–H and O–H groups in total. The minimum Gasteiger partial charge on any atom is -0.421 e. The molecule has 2 amide bonds. The molecular formula is C17H18N4O3. The van der Waals surface area contributed by atoms with Gasteiger partial charge in [0.05, 0.1) is 6.04 Å². The van der Waals surface area contributed by atoms with Crippen molar-refractivity contribution in [2.24, 2.45) is 0 Å². The lowest BCUT2D eigenvalue weighted by molar-refractivity contribution is -0.128. The van der Waals surface area contributed by atoms with Crippen LogP contribution in [-0.2, 0) is 4.79 Å². The lowest BCUT2D eigenvalue weighted by atomic mass is 10.1. The summed E-state index contributed by atoms with van der Waals surface area (Å²) in [7, 11) is 0. The molecule has 1 aliphatic carbocycles. The molecular weight excluding hydrogens is 308 g/mol. The predicted molar refractivity (Wildman–Crippen MR) is 85.1 cm³/mol. The van der Waals surface area contributed by atoms with E-state index in [0.717, 1.165) is 12.8 Å². The molecule has 1 atom stereocenters. The summed E-state index contributed by atoms with van der Waals surface area (Å²) in [5, 5.41) is 10.7. The maximum Gasteiger partial charge on any atom is 0.251 e. The fourth-order valence-electron chi connectivity index (χ4n) is 3.04. The second-order valence-corrected chi connectivity index (χ2v) is 6.36.